The minimum atomic E-state index is -1.14. The van der Waals surface area contributed by atoms with Gasteiger partial charge < -0.3 is 4.84 Å². The molecule has 108 valence electrons. The maximum absolute atomic E-state index is 11.9. The highest BCUT2D eigenvalue weighted by atomic mass is 16.7. The molecule has 0 fully saturated rings. The van der Waals surface area contributed by atoms with Gasteiger partial charge in [0.1, 0.15) is 0 Å². The Morgan fingerprint density at radius 2 is 1.86 bits per heavy atom. The topological polar surface area (TPSA) is 135 Å². The van der Waals surface area contributed by atoms with E-state index in [2.05, 4.69) is 4.84 Å². The Kier molecular flexibility index (Phi) is 3.36. The lowest BCUT2D eigenvalue weighted by molar-refractivity contribution is -0.386. The van der Waals surface area contributed by atoms with Gasteiger partial charge in [-0.05, 0) is 6.07 Å². The Morgan fingerprint density at radius 1 is 1.19 bits per heavy atom. The Balaban J connectivity index is 2.87. The van der Waals surface area contributed by atoms with Crippen molar-refractivity contribution in [3.8, 4) is 0 Å². The molecule has 2 rings (SSSR count). The molecule has 0 aliphatic carbocycles. The molecule has 1 heterocycles. The third-order valence-electron chi connectivity index (χ3n) is 2.55. The molecule has 1 aromatic carbocycles. The molecule has 0 amide bonds. The molecular formula is C11H7N3O7. The van der Waals surface area contributed by atoms with Crippen molar-refractivity contribution >= 4 is 28.2 Å². The maximum atomic E-state index is 11.9. The van der Waals surface area contributed by atoms with E-state index in [1.54, 1.807) is 0 Å². The van der Waals surface area contributed by atoms with Gasteiger partial charge in [-0.15, -0.1) is 4.73 Å². The summed E-state index contributed by atoms with van der Waals surface area (Å²) in [4.78, 5) is 47.4. The summed E-state index contributed by atoms with van der Waals surface area (Å²) < 4.78 is 0.444. The number of hydrogen-bond acceptors (Lipinski definition) is 7. The van der Waals surface area contributed by atoms with Crippen molar-refractivity contribution in [1.82, 2.24) is 4.73 Å². The van der Waals surface area contributed by atoms with Crippen molar-refractivity contribution < 1.29 is 19.5 Å². The van der Waals surface area contributed by atoms with Gasteiger partial charge >= 0.3 is 17.2 Å². The third-order valence-corrected chi connectivity index (χ3v) is 2.55. The number of nitro benzene ring substituents is 1. The van der Waals surface area contributed by atoms with Crippen LogP contribution in [-0.4, -0.2) is 20.5 Å². The Labute approximate surface area is 115 Å². The molecule has 1 aromatic heterocycles. The number of carbonyl (C=O) groups excluding carboxylic acids is 1. The second-order valence-electron chi connectivity index (χ2n) is 3.97. The molecule has 0 unspecified atom stereocenters. The number of non-ortho nitro benzene ring substituents is 1. The van der Waals surface area contributed by atoms with Crippen LogP contribution in [0.25, 0.3) is 10.9 Å². The van der Waals surface area contributed by atoms with Crippen LogP contribution in [0.15, 0.2) is 29.1 Å². The van der Waals surface area contributed by atoms with E-state index in [-0.39, 0.29) is 16.6 Å². The van der Waals surface area contributed by atoms with E-state index in [1.165, 1.54) is 6.07 Å². The number of nitrogens with zero attached hydrogens (tertiary/aromatic N) is 3. The van der Waals surface area contributed by atoms with Gasteiger partial charge in [-0.1, -0.05) is 0 Å². The zero-order chi connectivity index (χ0) is 15.7. The van der Waals surface area contributed by atoms with Gasteiger partial charge in [-0.3, -0.25) is 25.0 Å². The van der Waals surface area contributed by atoms with Crippen LogP contribution in [0.4, 0.5) is 11.4 Å². The van der Waals surface area contributed by atoms with Gasteiger partial charge in [0.25, 0.3) is 5.69 Å². The number of fused-ring (bicyclic) bond motifs is 1. The number of pyridine rings is 1. The maximum Gasteiger partial charge on any atom is 0.362 e. The van der Waals surface area contributed by atoms with Crippen LogP contribution < -0.4 is 10.4 Å². The number of aromatic nitrogens is 1. The van der Waals surface area contributed by atoms with Crippen LogP contribution in [0.1, 0.15) is 6.92 Å². The van der Waals surface area contributed by atoms with E-state index in [0.717, 1.165) is 25.1 Å². The average molecular weight is 293 g/mol. The fourth-order valence-corrected chi connectivity index (χ4v) is 1.73. The fraction of sp³-hybridized carbons (Fsp3) is 0.0909. The van der Waals surface area contributed by atoms with Gasteiger partial charge in [0.2, 0.25) is 0 Å². The molecule has 0 N–H and O–H groups in total. The van der Waals surface area contributed by atoms with Crippen molar-refractivity contribution in [3.63, 3.8) is 0 Å². The van der Waals surface area contributed by atoms with Gasteiger partial charge in [-0.25, -0.2) is 4.79 Å². The predicted molar refractivity (Wildman–Crippen MR) is 68.8 cm³/mol. The summed E-state index contributed by atoms with van der Waals surface area (Å²) in [5.74, 6) is -0.864. The van der Waals surface area contributed by atoms with E-state index in [0.29, 0.717) is 4.73 Å². The van der Waals surface area contributed by atoms with E-state index >= 15 is 0 Å². The molecule has 10 nitrogen and oxygen atoms in total. The Bertz CT molecular complexity index is 840. The van der Waals surface area contributed by atoms with Crippen molar-refractivity contribution in [2.45, 2.75) is 6.92 Å². The zero-order valence-electron chi connectivity index (χ0n) is 10.5. The number of nitro groups is 2. The normalized spacial score (nSPS) is 10.3. The minimum Gasteiger partial charge on any atom is -0.333 e. The molecule has 2 aromatic rings. The number of hydrogen-bond donors (Lipinski definition) is 0. The Hall–Kier alpha value is -3.30. The van der Waals surface area contributed by atoms with Crippen molar-refractivity contribution in [2.75, 3.05) is 0 Å². The van der Waals surface area contributed by atoms with Gasteiger partial charge in [0.15, 0.2) is 0 Å². The van der Waals surface area contributed by atoms with Crippen molar-refractivity contribution in [2.24, 2.45) is 0 Å². The molecule has 21 heavy (non-hydrogen) atoms. The van der Waals surface area contributed by atoms with E-state index in [1.807, 2.05) is 0 Å². The first-order valence-electron chi connectivity index (χ1n) is 5.49. The van der Waals surface area contributed by atoms with E-state index in [4.69, 9.17) is 0 Å². The lowest BCUT2D eigenvalue weighted by Gasteiger charge is -2.08. The summed E-state index contributed by atoms with van der Waals surface area (Å²) in [6.07, 6.45) is 0. The lowest BCUT2D eigenvalue weighted by atomic mass is 10.2. The SMILES string of the molecule is CC(=O)On1c(=O)c([N+](=O)[O-])cc2cc([N+](=O)[O-])ccc21. The van der Waals surface area contributed by atoms with Crippen LogP contribution in [0, 0.1) is 20.2 Å². The molecule has 0 radical (unpaired) electrons. The predicted octanol–water partition coefficient (Wildman–Crippen LogP) is 0.793. The number of benzene rings is 1. The molecule has 0 aliphatic heterocycles. The van der Waals surface area contributed by atoms with Crippen LogP contribution in [0.3, 0.4) is 0 Å². The summed E-state index contributed by atoms with van der Waals surface area (Å²) in [7, 11) is 0. The second-order valence-corrected chi connectivity index (χ2v) is 3.97. The smallest absolute Gasteiger partial charge is 0.333 e. The van der Waals surface area contributed by atoms with Crippen LogP contribution >= 0.6 is 0 Å². The standard InChI is InChI=1S/C11H7N3O7/c1-6(15)21-12-9-3-2-8(13(17)18)4-7(9)5-10(11(12)16)14(19)20/h2-5H,1H3. The van der Waals surface area contributed by atoms with Crippen molar-refractivity contribution in [1.29, 1.82) is 0 Å². The van der Waals surface area contributed by atoms with Crippen LogP contribution in [0.2, 0.25) is 0 Å². The average Bonchev–Trinajstić information content (AvgIpc) is 2.40. The quantitative estimate of drug-likeness (QED) is 0.603. The van der Waals surface area contributed by atoms with Gasteiger partial charge in [0.05, 0.1) is 15.4 Å². The second kappa shape index (κ2) is 5.00. The van der Waals surface area contributed by atoms with Crippen molar-refractivity contribution in [3.05, 3.63) is 54.8 Å². The molecule has 0 atom stereocenters. The third kappa shape index (κ3) is 2.54. The molecule has 0 saturated carbocycles. The highest BCUT2D eigenvalue weighted by Gasteiger charge is 2.21. The summed E-state index contributed by atoms with van der Waals surface area (Å²) in [5.41, 5.74) is -2.31. The molecular weight excluding hydrogens is 286 g/mol. The number of rotatable bonds is 3. The molecule has 0 bridgehead atoms. The molecule has 0 aliphatic rings. The molecule has 0 spiro atoms. The number of carbonyl (C=O) groups is 1. The van der Waals surface area contributed by atoms with Crippen LogP contribution in [0.5, 0.6) is 0 Å². The van der Waals surface area contributed by atoms with Gasteiger partial charge in [-0.2, -0.15) is 0 Å². The lowest BCUT2D eigenvalue weighted by Crippen LogP contribution is -2.31. The van der Waals surface area contributed by atoms with Gasteiger partial charge in [0, 0.05) is 30.5 Å². The largest absolute Gasteiger partial charge is 0.362 e. The zero-order valence-corrected chi connectivity index (χ0v) is 10.5. The highest BCUT2D eigenvalue weighted by Crippen LogP contribution is 2.22. The monoisotopic (exact) mass is 293 g/mol. The fourth-order valence-electron chi connectivity index (χ4n) is 1.73. The Morgan fingerprint density at radius 3 is 2.38 bits per heavy atom. The van der Waals surface area contributed by atoms with Crippen LogP contribution in [-0.2, 0) is 4.79 Å². The summed E-state index contributed by atoms with van der Waals surface area (Å²) in [6, 6.07) is 4.20. The van der Waals surface area contributed by atoms with E-state index < -0.39 is 27.1 Å². The summed E-state index contributed by atoms with van der Waals surface area (Å²) in [6.45, 7) is 1.02. The minimum absolute atomic E-state index is 0.00593. The molecule has 0 saturated heterocycles. The first-order valence-corrected chi connectivity index (χ1v) is 5.49. The first-order chi connectivity index (χ1) is 9.81. The highest BCUT2D eigenvalue weighted by molar-refractivity contribution is 5.83. The van der Waals surface area contributed by atoms with E-state index in [9.17, 15) is 29.8 Å². The molecule has 10 heteroatoms. The summed E-state index contributed by atoms with van der Waals surface area (Å²) in [5, 5.41) is 21.6. The summed E-state index contributed by atoms with van der Waals surface area (Å²) >= 11 is 0. The first kappa shape index (κ1) is 14.1.